The van der Waals surface area contributed by atoms with E-state index < -0.39 is 10.0 Å². The SMILES string of the molecule is Cc1ccc(-c2cc(-c3ccc(S(N)(=O)=O)cc3)nc3sc4c(c23)CCC4)cc1.Cl. The summed E-state index contributed by atoms with van der Waals surface area (Å²) in [4.78, 5) is 7.55. The summed E-state index contributed by atoms with van der Waals surface area (Å²) >= 11 is 1.79. The summed E-state index contributed by atoms with van der Waals surface area (Å²) in [7, 11) is -3.71. The van der Waals surface area contributed by atoms with Crippen LogP contribution in [0.4, 0.5) is 0 Å². The topological polar surface area (TPSA) is 73.1 Å². The summed E-state index contributed by atoms with van der Waals surface area (Å²) in [6.45, 7) is 2.09. The quantitative estimate of drug-likeness (QED) is 0.442. The van der Waals surface area contributed by atoms with E-state index in [0.29, 0.717) is 0 Å². The van der Waals surface area contributed by atoms with E-state index in [1.54, 1.807) is 23.5 Å². The smallest absolute Gasteiger partial charge is 0.237 e. The van der Waals surface area contributed by atoms with Crippen LogP contribution < -0.4 is 5.14 Å². The van der Waals surface area contributed by atoms with E-state index >= 15 is 0 Å². The number of hydrogen-bond donors (Lipinski definition) is 1. The third-order valence-electron chi connectivity index (χ3n) is 5.52. The molecule has 2 heterocycles. The maximum absolute atomic E-state index is 11.6. The molecular weight excluding hydrogens is 436 g/mol. The van der Waals surface area contributed by atoms with Crippen molar-refractivity contribution in [3.8, 4) is 22.4 Å². The Labute approximate surface area is 186 Å². The van der Waals surface area contributed by atoms with E-state index in [-0.39, 0.29) is 17.3 Å². The molecule has 4 nitrogen and oxygen atoms in total. The second kappa shape index (κ2) is 7.78. The number of nitrogens with two attached hydrogens (primary N) is 1. The average Bonchev–Trinajstić information content (AvgIpc) is 3.28. The predicted octanol–water partition coefficient (Wildman–Crippen LogP) is 5.50. The summed E-state index contributed by atoms with van der Waals surface area (Å²) in [5, 5.41) is 6.51. The molecule has 5 rings (SSSR count). The first-order chi connectivity index (χ1) is 13.9. The highest BCUT2D eigenvalue weighted by molar-refractivity contribution is 7.89. The second-order valence-corrected chi connectivity index (χ2v) is 10.2. The van der Waals surface area contributed by atoms with Gasteiger partial charge in [-0.1, -0.05) is 42.0 Å². The third kappa shape index (κ3) is 3.65. The highest BCUT2D eigenvalue weighted by atomic mass is 35.5. The van der Waals surface area contributed by atoms with Gasteiger partial charge >= 0.3 is 0 Å². The first-order valence-corrected chi connectivity index (χ1v) is 11.9. The Kier molecular flexibility index (Phi) is 5.45. The Morgan fingerprint density at radius 2 is 1.63 bits per heavy atom. The number of sulfonamides is 1. The molecule has 0 amide bonds. The summed E-state index contributed by atoms with van der Waals surface area (Å²) in [6.07, 6.45) is 3.45. The van der Waals surface area contributed by atoms with Gasteiger partial charge in [-0.15, -0.1) is 23.7 Å². The Hall–Kier alpha value is -2.25. The number of thiophene rings is 1. The predicted molar refractivity (Wildman–Crippen MR) is 126 cm³/mol. The van der Waals surface area contributed by atoms with Crippen molar-refractivity contribution in [2.24, 2.45) is 5.14 Å². The van der Waals surface area contributed by atoms with Crippen LogP contribution in [0.3, 0.4) is 0 Å². The molecule has 0 saturated carbocycles. The molecule has 0 unspecified atom stereocenters. The van der Waals surface area contributed by atoms with Gasteiger partial charge in [-0.3, -0.25) is 0 Å². The molecule has 154 valence electrons. The number of benzene rings is 2. The van der Waals surface area contributed by atoms with Crippen molar-refractivity contribution in [1.29, 1.82) is 0 Å². The van der Waals surface area contributed by atoms with Crippen molar-refractivity contribution in [3.63, 3.8) is 0 Å². The Morgan fingerprint density at radius 1 is 0.967 bits per heavy atom. The Morgan fingerprint density at radius 3 is 2.30 bits per heavy atom. The molecular formula is C23H21ClN2O2S2. The molecule has 0 atom stereocenters. The van der Waals surface area contributed by atoms with Crippen molar-refractivity contribution in [1.82, 2.24) is 4.98 Å². The van der Waals surface area contributed by atoms with Crippen LogP contribution in [0, 0.1) is 6.92 Å². The van der Waals surface area contributed by atoms with Crippen molar-refractivity contribution in [2.75, 3.05) is 0 Å². The summed E-state index contributed by atoms with van der Waals surface area (Å²) in [6, 6.07) is 17.3. The lowest BCUT2D eigenvalue weighted by molar-refractivity contribution is 0.598. The second-order valence-electron chi connectivity index (χ2n) is 7.53. The van der Waals surface area contributed by atoms with Crippen LogP contribution in [0.25, 0.3) is 32.6 Å². The molecule has 7 heteroatoms. The summed E-state index contributed by atoms with van der Waals surface area (Å²) in [5.41, 5.74) is 6.77. The minimum atomic E-state index is -3.71. The van der Waals surface area contributed by atoms with Crippen LogP contribution in [0.2, 0.25) is 0 Å². The van der Waals surface area contributed by atoms with Crippen molar-refractivity contribution >= 4 is 44.0 Å². The molecule has 0 spiro atoms. The fourth-order valence-electron chi connectivity index (χ4n) is 4.02. The highest BCUT2D eigenvalue weighted by Crippen LogP contribution is 2.43. The molecule has 2 aromatic carbocycles. The van der Waals surface area contributed by atoms with Gasteiger partial charge in [0, 0.05) is 15.8 Å². The molecule has 0 aliphatic heterocycles. The minimum absolute atomic E-state index is 0. The van der Waals surface area contributed by atoms with E-state index in [9.17, 15) is 8.42 Å². The lowest BCUT2D eigenvalue weighted by Crippen LogP contribution is -2.11. The van der Waals surface area contributed by atoms with E-state index in [1.807, 2.05) is 0 Å². The maximum Gasteiger partial charge on any atom is 0.238 e. The third-order valence-corrected chi connectivity index (χ3v) is 7.63. The van der Waals surface area contributed by atoms with E-state index in [4.69, 9.17) is 10.1 Å². The number of halogens is 1. The van der Waals surface area contributed by atoms with Gasteiger partial charge in [-0.2, -0.15) is 0 Å². The van der Waals surface area contributed by atoms with Crippen molar-refractivity contribution in [3.05, 3.63) is 70.6 Å². The Balaban J connectivity index is 0.00000218. The van der Waals surface area contributed by atoms with Gasteiger partial charge in [-0.25, -0.2) is 18.5 Å². The first kappa shape index (κ1) is 21.0. The van der Waals surface area contributed by atoms with Gasteiger partial charge in [0.1, 0.15) is 4.83 Å². The van der Waals surface area contributed by atoms with Gasteiger partial charge in [0.05, 0.1) is 10.6 Å². The fraction of sp³-hybridized carbons (Fsp3) is 0.174. The van der Waals surface area contributed by atoms with Gasteiger partial charge in [0.2, 0.25) is 10.0 Å². The van der Waals surface area contributed by atoms with Crippen LogP contribution >= 0.6 is 23.7 Å². The van der Waals surface area contributed by atoms with Crippen LogP contribution in [0.1, 0.15) is 22.4 Å². The van der Waals surface area contributed by atoms with Crippen LogP contribution in [0.5, 0.6) is 0 Å². The van der Waals surface area contributed by atoms with Gasteiger partial charge in [0.15, 0.2) is 0 Å². The number of hydrogen-bond acceptors (Lipinski definition) is 4. The zero-order valence-electron chi connectivity index (χ0n) is 16.4. The Bertz CT molecular complexity index is 1340. The maximum atomic E-state index is 11.6. The minimum Gasteiger partial charge on any atom is -0.237 e. The number of primary sulfonamides is 1. The molecule has 0 bridgehead atoms. The fourth-order valence-corrected chi connectivity index (χ4v) is 5.82. The molecule has 2 N–H and O–H groups in total. The number of nitrogens with zero attached hydrogens (tertiary/aromatic N) is 1. The molecule has 1 aliphatic rings. The largest absolute Gasteiger partial charge is 0.238 e. The molecule has 1 aliphatic carbocycles. The number of pyridine rings is 1. The molecule has 2 aromatic heterocycles. The highest BCUT2D eigenvalue weighted by Gasteiger charge is 2.22. The molecule has 30 heavy (non-hydrogen) atoms. The van der Waals surface area contributed by atoms with E-state index in [0.717, 1.165) is 28.9 Å². The van der Waals surface area contributed by atoms with Gasteiger partial charge < -0.3 is 0 Å². The van der Waals surface area contributed by atoms with Crippen LogP contribution in [-0.4, -0.2) is 13.4 Å². The lowest BCUT2D eigenvalue weighted by atomic mass is 9.97. The van der Waals surface area contributed by atoms with Gasteiger partial charge in [0.25, 0.3) is 0 Å². The zero-order valence-corrected chi connectivity index (χ0v) is 18.8. The van der Waals surface area contributed by atoms with Crippen LogP contribution in [-0.2, 0) is 22.9 Å². The van der Waals surface area contributed by atoms with E-state index in [1.165, 1.54) is 51.1 Å². The standard InChI is InChI=1S/C23H20N2O2S2.ClH/c1-14-5-7-15(8-6-14)19-13-20(16-9-11-17(12-10-16)29(24,26)27)25-23-22(19)18-3-2-4-21(18)28-23;/h5-13H,2-4H2,1H3,(H2,24,26,27);1H. The normalized spacial score (nSPS) is 13.3. The van der Waals surface area contributed by atoms with Crippen LogP contribution in [0.15, 0.2) is 59.5 Å². The lowest BCUT2D eigenvalue weighted by Gasteiger charge is -2.10. The number of aromatic nitrogens is 1. The summed E-state index contributed by atoms with van der Waals surface area (Å²) < 4.78 is 23.1. The van der Waals surface area contributed by atoms with E-state index in [2.05, 4.69) is 37.3 Å². The summed E-state index contributed by atoms with van der Waals surface area (Å²) in [5.74, 6) is 0. The number of aryl methyl sites for hydroxylation is 3. The van der Waals surface area contributed by atoms with Gasteiger partial charge in [-0.05, 0) is 61.1 Å². The molecule has 0 fully saturated rings. The van der Waals surface area contributed by atoms with Crippen molar-refractivity contribution < 1.29 is 8.42 Å². The zero-order chi connectivity index (χ0) is 20.2. The molecule has 4 aromatic rings. The number of rotatable bonds is 3. The number of fused-ring (bicyclic) bond motifs is 3. The average molecular weight is 457 g/mol. The molecule has 0 radical (unpaired) electrons. The molecule has 0 saturated heterocycles. The first-order valence-electron chi connectivity index (χ1n) is 9.56. The van der Waals surface area contributed by atoms with Crippen molar-refractivity contribution in [2.45, 2.75) is 31.1 Å². The monoisotopic (exact) mass is 456 g/mol.